The predicted octanol–water partition coefficient (Wildman–Crippen LogP) is 3.51. The Bertz CT molecular complexity index is 621. The van der Waals surface area contributed by atoms with Crippen LogP contribution in [0.1, 0.15) is 36.6 Å². The molecule has 0 saturated heterocycles. The third kappa shape index (κ3) is 6.19. The number of halogens is 1. The number of rotatable bonds is 9. The highest BCUT2D eigenvalue weighted by molar-refractivity contribution is 9.10. The average molecular weight is 385 g/mol. The summed E-state index contributed by atoms with van der Waals surface area (Å²) in [6, 6.07) is 3.35. The van der Waals surface area contributed by atoms with Gasteiger partial charge in [-0.1, -0.05) is 13.8 Å². The summed E-state index contributed by atoms with van der Waals surface area (Å²) < 4.78 is 18.6. The van der Waals surface area contributed by atoms with E-state index in [-0.39, 0.29) is 12.4 Å². The van der Waals surface area contributed by atoms with E-state index in [4.69, 9.17) is 13.9 Å². The summed E-state index contributed by atoms with van der Waals surface area (Å²) in [5, 5.41) is 4.13. The number of aromatic nitrogens is 2. The van der Waals surface area contributed by atoms with Crippen molar-refractivity contribution in [2.24, 2.45) is 5.92 Å². The van der Waals surface area contributed by atoms with Gasteiger partial charge in [0.05, 0.1) is 23.8 Å². The molecule has 0 spiro atoms. The van der Waals surface area contributed by atoms with Gasteiger partial charge in [0.2, 0.25) is 5.76 Å². The molecule has 0 aliphatic carbocycles. The lowest BCUT2D eigenvalue weighted by Crippen LogP contribution is -2.11. The molecule has 7 heteroatoms. The van der Waals surface area contributed by atoms with Crippen LogP contribution in [0.15, 0.2) is 33.4 Å². The molecule has 0 unspecified atom stereocenters. The summed E-state index contributed by atoms with van der Waals surface area (Å²) in [5.74, 6) is 0.953. The molecule has 2 rings (SSSR count). The second-order valence-electron chi connectivity index (χ2n) is 5.55. The van der Waals surface area contributed by atoms with Crippen molar-refractivity contribution in [3.63, 3.8) is 0 Å². The summed E-state index contributed by atoms with van der Waals surface area (Å²) in [6.45, 7) is 6.03. The Morgan fingerprint density at radius 2 is 2.17 bits per heavy atom. The molecule has 2 aromatic rings. The molecule has 126 valence electrons. The SMILES string of the molecule is CC(C)CCOCCOC(=O)c1ccc(Cn2cc(Br)cn2)o1. The maximum atomic E-state index is 11.9. The van der Waals surface area contributed by atoms with E-state index in [1.165, 1.54) is 0 Å². The van der Waals surface area contributed by atoms with Gasteiger partial charge in [-0.15, -0.1) is 0 Å². The first-order valence-corrected chi connectivity index (χ1v) is 8.35. The highest BCUT2D eigenvalue weighted by Crippen LogP contribution is 2.13. The standard InChI is InChI=1S/C16H21BrN2O4/c1-12(2)5-6-21-7-8-22-16(20)15-4-3-14(23-15)11-19-10-13(17)9-18-19/h3-4,9-10,12H,5-8,11H2,1-2H3. The van der Waals surface area contributed by atoms with Gasteiger partial charge in [0.15, 0.2) is 0 Å². The molecule has 23 heavy (non-hydrogen) atoms. The molecule has 0 radical (unpaired) electrons. The van der Waals surface area contributed by atoms with E-state index in [0.717, 1.165) is 10.9 Å². The van der Waals surface area contributed by atoms with Crippen molar-refractivity contribution in [3.8, 4) is 0 Å². The van der Waals surface area contributed by atoms with Crippen molar-refractivity contribution in [2.45, 2.75) is 26.8 Å². The summed E-state index contributed by atoms with van der Waals surface area (Å²) in [5.41, 5.74) is 0. The molecule has 0 saturated carbocycles. The lowest BCUT2D eigenvalue weighted by atomic mass is 10.1. The van der Waals surface area contributed by atoms with Gasteiger partial charge in [-0.2, -0.15) is 5.10 Å². The zero-order chi connectivity index (χ0) is 16.7. The van der Waals surface area contributed by atoms with E-state index >= 15 is 0 Å². The fourth-order valence-electron chi connectivity index (χ4n) is 1.84. The number of ether oxygens (including phenoxy) is 2. The first-order valence-electron chi connectivity index (χ1n) is 7.56. The molecule has 2 heterocycles. The van der Waals surface area contributed by atoms with Crippen molar-refractivity contribution < 1.29 is 18.7 Å². The third-order valence-electron chi connectivity index (χ3n) is 3.08. The van der Waals surface area contributed by atoms with Gasteiger partial charge in [0, 0.05) is 12.8 Å². The maximum absolute atomic E-state index is 11.9. The van der Waals surface area contributed by atoms with Crippen LogP contribution >= 0.6 is 15.9 Å². The van der Waals surface area contributed by atoms with Gasteiger partial charge < -0.3 is 13.9 Å². The number of carbonyl (C=O) groups excluding carboxylic acids is 1. The van der Waals surface area contributed by atoms with E-state index in [1.807, 2.05) is 6.20 Å². The molecular weight excluding hydrogens is 364 g/mol. The van der Waals surface area contributed by atoms with Crippen LogP contribution in [0, 0.1) is 5.92 Å². The minimum atomic E-state index is -0.481. The number of carbonyl (C=O) groups is 1. The number of hydrogen-bond acceptors (Lipinski definition) is 5. The largest absolute Gasteiger partial charge is 0.457 e. The summed E-state index contributed by atoms with van der Waals surface area (Å²) >= 11 is 3.33. The predicted molar refractivity (Wildman–Crippen MR) is 88.3 cm³/mol. The van der Waals surface area contributed by atoms with Crippen LogP contribution in [0.2, 0.25) is 0 Å². The van der Waals surface area contributed by atoms with Crippen molar-refractivity contribution in [3.05, 3.63) is 40.5 Å². The maximum Gasteiger partial charge on any atom is 0.374 e. The second kappa shape index (κ2) is 8.88. The van der Waals surface area contributed by atoms with Gasteiger partial charge in [0.1, 0.15) is 12.4 Å². The number of esters is 1. The summed E-state index contributed by atoms with van der Waals surface area (Å²) in [7, 11) is 0. The van der Waals surface area contributed by atoms with Crippen LogP contribution < -0.4 is 0 Å². The highest BCUT2D eigenvalue weighted by atomic mass is 79.9. The van der Waals surface area contributed by atoms with Crippen molar-refractivity contribution in [2.75, 3.05) is 19.8 Å². The smallest absolute Gasteiger partial charge is 0.374 e. The Morgan fingerprint density at radius 1 is 1.35 bits per heavy atom. The monoisotopic (exact) mass is 384 g/mol. The molecule has 0 fully saturated rings. The van der Waals surface area contributed by atoms with Gasteiger partial charge in [0.25, 0.3) is 0 Å². The topological polar surface area (TPSA) is 66.5 Å². The highest BCUT2D eigenvalue weighted by Gasteiger charge is 2.13. The third-order valence-corrected chi connectivity index (χ3v) is 3.49. The lowest BCUT2D eigenvalue weighted by molar-refractivity contribution is 0.0272. The van der Waals surface area contributed by atoms with Gasteiger partial charge >= 0.3 is 5.97 Å². The van der Waals surface area contributed by atoms with Gasteiger partial charge in [-0.25, -0.2) is 4.79 Å². The fraction of sp³-hybridized carbons (Fsp3) is 0.500. The number of nitrogens with zero attached hydrogens (tertiary/aromatic N) is 2. The van der Waals surface area contributed by atoms with Crippen LogP contribution in [-0.4, -0.2) is 35.6 Å². The molecule has 0 aliphatic heterocycles. The Balaban J connectivity index is 1.71. The van der Waals surface area contributed by atoms with Crippen molar-refractivity contribution >= 4 is 21.9 Å². The average Bonchev–Trinajstić information content (AvgIpc) is 3.12. The minimum Gasteiger partial charge on any atom is -0.457 e. The van der Waals surface area contributed by atoms with Crippen LogP contribution in [0.3, 0.4) is 0 Å². The Morgan fingerprint density at radius 3 is 2.87 bits per heavy atom. The van der Waals surface area contributed by atoms with E-state index in [2.05, 4.69) is 34.9 Å². The number of hydrogen-bond donors (Lipinski definition) is 0. The zero-order valence-corrected chi connectivity index (χ0v) is 14.9. The quantitative estimate of drug-likeness (QED) is 0.488. The van der Waals surface area contributed by atoms with Crippen molar-refractivity contribution in [1.82, 2.24) is 9.78 Å². The molecule has 0 aliphatic rings. The molecule has 0 N–H and O–H groups in total. The van der Waals surface area contributed by atoms with E-state index < -0.39 is 5.97 Å². The summed E-state index contributed by atoms with van der Waals surface area (Å²) in [6.07, 6.45) is 4.52. The Hall–Kier alpha value is -1.60. The first-order chi connectivity index (χ1) is 11.0. The van der Waals surface area contributed by atoms with Gasteiger partial charge in [-0.3, -0.25) is 4.68 Å². The Labute approximate surface area is 143 Å². The van der Waals surface area contributed by atoms with Crippen LogP contribution in [0.4, 0.5) is 0 Å². The van der Waals surface area contributed by atoms with Crippen LogP contribution in [-0.2, 0) is 16.0 Å². The fourth-order valence-corrected chi connectivity index (χ4v) is 2.17. The first kappa shape index (κ1) is 17.7. The normalized spacial score (nSPS) is 11.1. The summed E-state index contributed by atoms with van der Waals surface area (Å²) in [4.78, 5) is 11.9. The van der Waals surface area contributed by atoms with Crippen LogP contribution in [0.25, 0.3) is 0 Å². The zero-order valence-electron chi connectivity index (χ0n) is 13.3. The molecule has 6 nitrogen and oxygen atoms in total. The molecular formula is C16H21BrN2O4. The van der Waals surface area contributed by atoms with Gasteiger partial charge in [-0.05, 0) is 40.4 Å². The lowest BCUT2D eigenvalue weighted by Gasteiger charge is -2.06. The molecule has 2 aromatic heterocycles. The van der Waals surface area contributed by atoms with E-state index in [0.29, 0.717) is 31.4 Å². The second-order valence-corrected chi connectivity index (χ2v) is 6.47. The molecule has 0 aromatic carbocycles. The van der Waals surface area contributed by atoms with E-state index in [1.54, 1.807) is 23.0 Å². The molecule has 0 bridgehead atoms. The van der Waals surface area contributed by atoms with E-state index in [9.17, 15) is 4.79 Å². The molecule has 0 atom stereocenters. The number of furan rings is 1. The Kier molecular flexibility index (Phi) is 6.85. The van der Waals surface area contributed by atoms with Crippen molar-refractivity contribution in [1.29, 1.82) is 0 Å². The van der Waals surface area contributed by atoms with Crippen LogP contribution in [0.5, 0.6) is 0 Å². The minimum absolute atomic E-state index is 0.188. The molecule has 0 amide bonds.